The molecule has 0 heterocycles. The monoisotopic (exact) mass is 402 g/mol. The van der Waals surface area contributed by atoms with E-state index in [0.29, 0.717) is 6.42 Å². The number of amides is 1. The maximum absolute atomic E-state index is 11.9. The third-order valence-corrected chi connectivity index (χ3v) is 5.36. The highest BCUT2D eigenvalue weighted by Crippen LogP contribution is 2.20. The average molecular weight is 403 g/mol. The smallest absolute Gasteiger partial charge is 0.326 e. The molecule has 0 fully saturated rings. The Balaban J connectivity index is 3.79. The first-order valence-electron chi connectivity index (χ1n) is 10.8. The maximum atomic E-state index is 11.9. The molecule has 0 bridgehead atoms. The fourth-order valence-electron chi connectivity index (χ4n) is 3.33. The summed E-state index contributed by atoms with van der Waals surface area (Å²) in [4.78, 5) is 23.0. The van der Waals surface area contributed by atoms with Crippen molar-refractivity contribution in [3.63, 3.8) is 0 Å². The Bertz CT molecular complexity index is 431. The summed E-state index contributed by atoms with van der Waals surface area (Å²) < 4.78 is 0. The van der Waals surface area contributed by atoms with Crippen LogP contribution in [0.4, 0.5) is 0 Å². The van der Waals surface area contributed by atoms with E-state index < -0.39 is 24.3 Å². The van der Waals surface area contributed by atoms with E-state index >= 15 is 0 Å². The molecule has 0 aliphatic heterocycles. The molecule has 5 atom stereocenters. The lowest BCUT2D eigenvalue weighted by molar-refractivity contribution is -0.143. The minimum Gasteiger partial charge on any atom is -0.480 e. The number of aliphatic carboxylic acids is 1. The summed E-state index contributed by atoms with van der Waals surface area (Å²) in [7, 11) is 0. The molecule has 0 saturated heterocycles. The molecule has 0 spiro atoms. The molecule has 7 heteroatoms. The molecule has 0 saturated carbocycles. The first-order valence-corrected chi connectivity index (χ1v) is 10.8. The molecule has 0 aromatic carbocycles. The number of carbonyl (C=O) groups is 2. The number of carbonyl (C=O) groups excluding carboxylic acids is 1. The van der Waals surface area contributed by atoms with Gasteiger partial charge < -0.3 is 26.4 Å². The van der Waals surface area contributed by atoms with Crippen LogP contribution in [0, 0.1) is 11.8 Å². The first kappa shape index (κ1) is 26.8. The summed E-state index contributed by atoms with van der Waals surface area (Å²) in [5.74, 6) is -0.00850. The van der Waals surface area contributed by atoms with Crippen LogP contribution in [0.3, 0.4) is 0 Å². The summed E-state index contributed by atoms with van der Waals surface area (Å²) in [6.45, 7) is 6.89. The summed E-state index contributed by atoms with van der Waals surface area (Å²) in [6.07, 6.45) is 7.23. The predicted molar refractivity (Wildman–Crippen MR) is 111 cm³/mol. The minimum atomic E-state index is -1.53. The maximum Gasteiger partial charge on any atom is 0.326 e. The van der Waals surface area contributed by atoms with Gasteiger partial charge in [0.05, 0.1) is 6.10 Å². The molecule has 0 rings (SSSR count). The summed E-state index contributed by atoms with van der Waals surface area (Å²) >= 11 is 0. The Morgan fingerprint density at radius 2 is 1.50 bits per heavy atom. The van der Waals surface area contributed by atoms with Crippen molar-refractivity contribution in [3.8, 4) is 0 Å². The first-order chi connectivity index (χ1) is 13.2. The fourth-order valence-corrected chi connectivity index (χ4v) is 3.33. The molecule has 1 amide bonds. The molecule has 0 aliphatic rings. The Hall–Kier alpha value is -1.18. The molecule has 6 N–H and O–H groups in total. The zero-order chi connectivity index (χ0) is 21.5. The highest BCUT2D eigenvalue weighted by Gasteiger charge is 2.25. The second-order valence-corrected chi connectivity index (χ2v) is 8.27. The van der Waals surface area contributed by atoms with Crippen LogP contribution < -0.4 is 11.1 Å². The van der Waals surface area contributed by atoms with Gasteiger partial charge in [0.1, 0.15) is 12.3 Å². The Labute approximate surface area is 170 Å². The summed E-state index contributed by atoms with van der Waals surface area (Å²) in [6, 6.07) is -1.25. The van der Waals surface area contributed by atoms with Crippen molar-refractivity contribution in [3.05, 3.63) is 0 Å². The number of hydrogen-bond donors (Lipinski definition) is 5. The minimum absolute atomic E-state index is 0.261. The number of unbranched alkanes of at least 4 members (excludes halogenated alkanes) is 5. The third-order valence-electron chi connectivity index (χ3n) is 5.36. The number of aliphatic hydroxyl groups excluding tert-OH is 2. The van der Waals surface area contributed by atoms with E-state index in [1.165, 1.54) is 32.1 Å². The van der Waals surface area contributed by atoms with Gasteiger partial charge in [0.15, 0.2) is 0 Å². The van der Waals surface area contributed by atoms with Crippen molar-refractivity contribution < 1.29 is 24.9 Å². The van der Waals surface area contributed by atoms with Gasteiger partial charge in [0.2, 0.25) is 5.91 Å². The molecule has 0 aliphatic carbocycles. The van der Waals surface area contributed by atoms with E-state index in [-0.39, 0.29) is 18.7 Å². The molecule has 28 heavy (non-hydrogen) atoms. The molecule has 4 unspecified atom stereocenters. The molecule has 166 valence electrons. The van der Waals surface area contributed by atoms with Gasteiger partial charge in [-0.3, -0.25) is 4.79 Å². The molecule has 0 aromatic heterocycles. The SMILES string of the molecule is CCC(C)CC(C)CCCCCCCCC(=O)N[C@H](CC(O)C(N)O)C(=O)O. The van der Waals surface area contributed by atoms with E-state index in [1.54, 1.807) is 0 Å². The standard InChI is InChI=1S/C21H42N2O5/c1-4-15(2)13-16(3)11-9-7-5-6-8-10-12-19(25)23-17(21(27)28)14-18(24)20(22)26/h15-18,20,24,26H,4-14,22H2,1-3H3,(H,23,25)(H,27,28)/t15?,16?,17-,18?,20?/m1/s1. The second kappa shape index (κ2) is 15.7. The lowest BCUT2D eigenvalue weighted by Crippen LogP contribution is -2.46. The number of aliphatic hydroxyl groups is 2. The van der Waals surface area contributed by atoms with Gasteiger partial charge >= 0.3 is 5.97 Å². The number of carboxylic acid groups (broad SMARTS) is 1. The van der Waals surface area contributed by atoms with Crippen LogP contribution >= 0.6 is 0 Å². The molecule has 7 nitrogen and oxygen atoms in total. The van der Waals surface area contributed by atoms with Gasteiger partial charge in [-0.15, -0.1) is 0 Å². The quantitative estimate of drug-likeness (QED) is 0.188. The highest BCUT2D eigenvalue weighted by molar-refractivity contribution is 5.83. The number of nitrogens with one attached hydrogen (secondary N) is 1. The van der Waals surface area contributed by atoms with Crippen LogP contribution in [0.5, 0.6) is 0 Å². The summed E-state index contributed by atoms with van der Waals surface area (Å²) in [5, 5.41) is 30.0. The van der Waals surface area contributed by atoms with Crippen LogP contribution in [0.15, 0.2) is 0 Å². The van der Waals surface area contributed by atoms with Gasteiger partial charge in [0.25, 0.3) is 0 Å². The van der Waals surface area contributed by atoms with E-state index in [1.807, 2.05) is 0 Å². The number of nitrogens with two attached hydrogens (primary N) is 1. The van der Waals surface area contributed by atoms with Gasteiger partial charge in [-0.2, -0.15) is 0 Å². The van der Waals surface area contributed by atoms with Crippen molar-refractivity contribution in [2.75, 3.05) is 0 Å². The Kier molecular flexibility index (Phi) is 15.0. The lowest BCUT2D eigenvalue weighted by Gasteiger charge is -2.19. The topological polar surface area (TPSA) is 133 Å². The van der Waals surface area contributed by atoms with Gasteiger partial charge in [0, 0.05) is 12.8 Å². The highest BCUT2D eigenvalue weighted by atomic mass is 16.4. The molecule has 0 radical (unpaired) electrons. The normalized spacial score (nSPS) is 16.8. The number of carboxylic acids is 1. The zero-order valence-electron chi connectivity index (χ0n) is 17.9. The Morgan fingerprint density at radius 1 is 0.929 bits per heavy atom. The largest absolute Gasteiger partial charge is 0.480 e. The second-order valence-electron chi connectivity index (χ2n) is 8.27. The van der Waals surface area contributed by atoms with Crippen LogP contribution in [0.25, 0.3) is 0 Å². The zero-order valence-corrected chi connectivity index (χ0v) is 17.9. The van der Waals surface area contributed by atoms with Crippen molar-refractivity contribution in [2.24, 2.45) is 17.6 Å². The van der Waals surface area contributed by atoms with Crippen molar-refractivity contribution in [2.45, 2.75) is 110 Å². The van der Waals surface area contributed by atoms with Crippen molar-refractivity contribution in [1.82, 2.24) is 5.32 Å². The molecular weight excluding hydrogens is 360 g/mol. The van der Waals surface area contributed by atoms with Crippen molar-refractivity contribution >= 4 is 11.9 Å². The number of hydrogen-bond acceptors (Lipinski definition) is 5. The number of rotatable bonds is 17. The molecular formula is C21H42N2O5. The van der Waals surface area contributed by atoms with Crippen LogP contribution in [0.2, 0.25) is 0 Å². The van der Waals surface area contributed by atoms with Crippen LogP contribution in [-0.2, 0) is 9.59 Å². The van der Waals surface area contributed by atoms with E-state index in [2.05, 4.69) is 26.1 Å². The molecule has 0 aromatic rings. The van der Waals surface area contributed by atoms with E-state index in [9.17, 15) is 14.7 Å². The summed E-state index contributed by atoms with van der Waals surface area (Å²) in [5.41, 5.74) is 5.11. The van der Waals surface area contributed by atoms with E-state index in [0.717, 1.165) is 31.1 Å². The fraction of sp³-hybridized carbons (Fsp3) is 0.905. The van der Waals surface area contributed by atoms with Crippen LogP contribution in [0.1, 0.15) is 91.4 Å². The van der Waals surface area contributed by atoms with Crippen molar-refractivity contribution in [1.29, 1.82) is 0 Å². The van der Waals surface area contributed by atoms with Gasteiger partial charge in [-0.25, -0.2) is 4.79 Å². The van der Waals surface area contributed by atoms with Gasteiger partial charge in [-0.05, 0) is 24.7 Å². The lowest BCUT2D eigenvalue weighted by atomic mass is 9.91. The van der Waals surface area contributed by atoms with Crippen LogP contribution in [-0.4, -0.2) is 45.6 Å². The van der Waals surface area contributed by atoms with Gasteiger partial charge in [-0.1, -0.05) is 65.7 Å². The predicted octanol–water partition coefficient (Wildman–Crippen LogP) is 2.78. The Morgan fingerprint density at radius 3 is 2.04 bits per heavy atom. The third kappa shape index (κ3) is 13.9. The average Bonchev–Trinajstić information content (AvgIpc) is 2.62. The van der Waals surface area contributed by atoms with E-state index in [4.69, 9.17) is 15.9 Å².